The molecule has 3 N–H and O–H groups in total. The topological polar surface area (TPSA) is 63.8 Å². The molecule has 0 atom stereocenters. The zero-order valence-corrected chi connectivity index (χ0v) is 10.4. The number of hydrogen-bond donors (Lipinski definition) is 2. The lowest BCUT2D eigenvalue weighted by molar-refractivity contribution is 0.506. The van der Waals surface area contributed by atoms with Gasteiger partial charge in [0.2, 0.25) is 0 Å². The number of aromatic nitrogens is 2. The van der Waals surface area contributed by atoms with Gasteiger partial charge in [-0.25, -0.2) is 8.78 Å². The zero-order valence-electron chi connectivity index (χ0n) is 10.4. The maximum absolute atomic E-state index is 13.2. The summed E-state index contributed by atoms with van der Waals surface area (Å²) < 4.78 is 27.6. The number of nitrogens with zero attached hydrogens (tertiary/aromatic N) is 1. The lowest BCUT2D eigenvalue weighted by Gasteiger charge is -2.05. The van der Waals surface area contributed by atoms with E-state index in [1.54, 1.807) is 22.9 Å². The fourth-order valence-corrected chi connectivity index (χ4v) is 2.16. The summed E-state index contributed by atoms with van der Waals surface area (Å²) in [7, 11) is 0. The molecule has 1 aromatic heterocycles. The van der Waals surface area contributed by atoms with E-state index in [1.807, 2.05) is 0 Å². The maximum Gasteiger partial charge on any atom is 0.272 e. The van der Waals surface area contributed by atoms with Crippen molar-refractivity contribution in [3.63, 3.8) is 0 Å². The Morgan fingerprint density at radius 3 is 2.65 bits per heavy atom. The molecular weight excluding hydrogens is 264 g/mol. The van der Waals surface area contributed by atoms with Crippen molar-refractivity contribution in [1.82, 2.24) is 9.78 Å². The fraction of sp³-hybridized carbons (Fsp3) is 0.0714. The van der Waals surface area contributed by atoms with Crippen molar-refractivity contribution < 1.29 is 8.78 Å². The van der Waals surface area contributed by atoms with Gasteiger partial charge in [0, 0.05) is 5.69 Å². The molecule has 2 aromatic carbocycles. The van der Waals surface area contributed by atoms with Crippen molar-refractivity contribution in [2.75, 3.05) is 5.73 Å². The number of benzene rings is 2. The van der Waals surface area contributed by atoms with Crippen molar-refractivity contribution in [3.8, 4) is 0 Å². The Hall–Kier alpha value is -2.63. The van der Waals surface area contributed by atoms with Gasteiger partial charge < -0.3 is 5.73 Å². The monoisotopic (exact) mass is 275 g/mol. The van der Waals surface area contributed by atoms with Crippen LogP contribution in [-0.4, -0.2) is 9.78 Å². The van der Waals surface area contributed by atoms with E-state index in [0.717, 1.165) is 12.1 Å². The molecule has 0 bridgehead atoms. The molecule has 3 rings (SSSR count). The molecule has 3 aromatic rings. The molecule has 0 unspecified atom stereocenters. The molecule has 1 heterocycles. The van der Waals surface area contributed by atoms with E-state index in [2.05, 4.69) is 5.10 Å². The van der Waals surface area contributed by atoms with Crippen LogP contribution < -0.4 is 11.3 Å². The van der Waals surface area contributed by atoms with Crippen LogP contribution in [0.2, 0.25) is 0 Å². The number of H-pyrrole nitrogens is 1. The number of halogens is 2. The number of nitrogen functional groups attached to an aromatic ring is 1. The summed E-state index contributed by atoms with van der Waals surface area (Å²) in [5.74, 6) is -1.81. The van der Waals surface area contributed by atoms with Crippen LogP contribution in [0, 0.1) is 11.6 Å². The van der Waals surface area contributed by atoms with Crippen LogP contribution in [-0.2, 0) is 6.54 Å². The molecule has 20 heavy (non-hydrogen) atoms. The minimum atomic E-state index is -0.912. The Morgan fingerprint density at radius 1 is 1.10 bits per heavy atom. The highest BCUT2D eigenvalue weighted by Gasteiger charge is 2.08. The summed E-state index contributed by atoms with van der Waals surface area (Å²) in [5.41, 5.74) is 7.07. The third-order valence-electron chi connectivity index (χ3n) is 3.12. The Bertz CT molecular complexity index is 851. The Labute approximate surface area is 112 Å². The van der Waals surface area contributed by atoms with E-state index in [9.17, 15) is 13.6 Å². The zero-order chi connectivity index (χ0) is 14.3. The van der Waals surface area contributed by atoms with Crippen LogP contribution in [0.4, 0.5) is 14.5 Å². The lowest BCUT2D eigenvalue weighted by Crippen LogP contribution is -2.07. The number of rotatable bonds is 2. The number of aromatic amines is 1. The first-order valence-corrected chi connectivity index (χ1v) is 5.96. The lowest BCUT2D eigenvalue weighted by atomic mass is 10.2. The predicted octanol–water partition coefficient (Wildman–Crippen LogP) is 2.24. The molecular formula is C14H11F2N3O. The first-order valence-electron chi connectivity index (χ1n) is 5.96. The van der Waals surface area contributed by atoms with Gasteiger partial charge in [0.05, 0.1) is 17.4 Å². The van der Waals surface area contributed by atoms with Gasteiger partial charge in [-0.1, -0.05) is 6.07 Å². The van der Waals surface area contributed by atoms with Gasteiger partial charge in [0.15, 0.2) is 11.6 Å². The van der Waals surface area contributed by atoms with Gasteiger partial charge in [-0.3, -0.25) is 14.6 Å². The van der Waals surface area contributed by atoms with E-state index in [-0.39, 0.29) is 12.1 Å². The van der Waals surface area contributed by atoms with Gasteiger partial charge in [0.25, 0.3) is 5.56 Å². The van der Waals surface area contributed by atoms with Crippen LogP contribution >= 0.6 is 0 Å². The van der Waals surface area contributed by atoms with Crippen molar-refractivity contribution >= 4 is 16.6 Å². The average Bonchev–Trinajstić information content (AvgIpc) is 2.70. The summed E-state index contributed by atoms with van der Waals surface area (Å²) in [6.45, 7) is 0.236. The molecule has 0 amide bonds. The second kappa shape index (κ2) is 4.48. The van der Waals surface area contributed by atoms with Crippen LogP contribution in [0.5, 0.6) is 0 Å². The SMILES string of the molecule is Nc1ccc2c(c1)c(=O)[nH]n2Cc1ccc(F)c(F)c1. The number of anilines is 1. The van der Waals surface area contributed by atoms with Gasteiger partial charge in [-0.05, 0) is 35.9 Å². The normalized spacial score (nSPS) is 11.1. The third-order valence-corrected chi connectivity index (χ3v) is 3.12. The highest BCUT2D eigenvalue weighted by Crippen LogP contribution is 2.16. The molecule has 4 nitrogen and oxygen atoms in total. The van der Waals surface area contributed by atoms with E-state index in [4.69, 9.17) is 5.73 Å². The first-order chi connectivity index (χ1) is 9.54. The molecule has 0 saturated carbocycles. The largest absolute Gasteiger partial charge is 0.399 e. The summed E-state index contributed by atoms with van der Waals surface area (Å²) in [6, 6.07) is 8.61. The van der Waals surface area contributed by atoms with Gasteiger partial charge in [-0.15, -0.1) is 0 Å². The highest BCUT2D eigenvalue weighted by molar-refractivity contribution is 5.81. The standard InChI is InChI=1S/C14H11F2N3O/c15-11-3-1-8(5-12(11)16)7-19-13-4-2-9(17)6-10(13)14(20)18-19/h1-6H,7,17H2,(H,18,20). The molecule has 6 heteroatoms. The fourth-order valence-electron chi connectivity index (χ4n) is 2.16. The Balaban J connectivity index is 2.06. The summed E-state index contributed by atoms with van der Waals surface area (Å²) in [6.07, 6.45) is 0. The Morgan fingerprint density at radius 2 is 1.90 bits per heavy atom. The van der Waals surface area contributed by atoms with Gasteiger partial charge in [-0.2, -0.15) is 0 Å². The van der Waals surface area contributed by atoms with E-state index >= 15 is 0 Å². The molecule has 0 aliphatic heterocycles. The number of nitrogens with one attached hydrogen (secondary N) is 1. The second-order valence-electron chi connectivity index (χ2n) is 4.55. The van der Waals surface area contributed by atoms with Crippen molar-refractivity contribution in [3.05, 3.63) is 63.9 Å². The maximum atomic E-state index is 13.2. The molecule has 0 radical (unpaired) electrons. The first kappa shape index (κ1) is 12.4. The van der Waals surface area contributed by atoms with Gasteiger partial charge >= 0.3 is 0 Å². The number of hydrogen-bond acceptors (Lipinski definition) is 2. The van der Waals surface area contributed by atoms with E-state index < -0.39 is 11.6 Å². The second-order valence-corrected chi connectivity index (χ2v) is 4.55. The molecule has 0 fully saturated rings. The van der Waals surface area contributed by atoms with Crippen molar-refractivity contribution in [2.24, 2.45) is 0 Å². The predicted molar refractivity (Wildman–Crippen MR) is 72.4 cm³/mol. The molecule has 0 spiro atoms. The Kier molecular flexibility index (Phi) is 2.78. The van der Waals surface area contributed by atoms with E-state index in [0.29, 0.717) is 22.2 Å². The molecule has 102 valence electrons. The van der Waals surface area contributed by atoms with Crippen LogP contribution in [0.15, 0.2) is 41.2 Å². The van der Waals surface area contributed by atoms with Crippen molar-refractivity contribution in [2.45, 2.75) is 6.54 Å². The molecule has 0 aliphatic carbocycles. The van der Waals surface area contributed by atoms with Gasteiger partial charge in [0.1, 0.15) is 0 Å². The number of nitrogens with two attached hydrogens (primary N) is 1. The minimum Gasteiger partial charge on any atom is -0.399 e. The quantitative estimate of drug-likeness (QED) is 0.704. The number of fused-ring (bicyclic) bond motifs is 1. The summed E-state index contributed by atoms with van der Waals surface area (Å²) >= 11 is 0. The summed E-state index contributed by atoms with van der Waals surface area (Å²) in [5, 5.41) is 3.12. The third kappa shape index (κ3) is 2.05. The smallest absolute Gasteiger partial charge is 0.272 e. The summed E-state index contributed by atoms with van der Waals surface area (Å²) in [4.78, 5) is 11.8. The average molecular weight is 275 g/mol. The van der Waals surface area contributed by atoms with Crippen LogP contribution in [0.3, 0.4) is 0 Å². The van der Waals surface area contributed by atoms with E-state index in [1.165, 1.54) is 6.07 Å². The van der Waals surface area contributed by atoms with Crippen LogP contribution in [0.25, 0.3) is 10.9 Å². The minimum absolute atomic E-state index is 0.236. The highest BCUT2D eigenvalue weighted by atomic mass is 19.2. The molecule has 0 aliphatic rings. The molecule has 0 saturated heterocycles. The van der Waals surface area contributed by atoms with Crippen LogP contribution in [0.1, 0.15) is 5.56 Å². The van der Waals surface area contributed by atoms with Crippen molar-refractivity contribution in [1.29, 1.82) is 0 Å².